The molecule has 242 valence electrons. The number of nitrogens with one attached hydrogen (secondary N) is 1. The van der Waals surface area contributed by atoms with E-state index < -0.39 is 35.6 Å². The van der Waals surface area contributed by atoms with E-state index in [0.717, 1.165) is 91.6 Å². The number of carbonyl (C=O) groups excluding carboxylic acids is 2. The van der Waals surface area contributed by atoms with E-state index in [0.29, 0.717) is 0 Å². The molecule has 3 aromatic heterocycles. The average molecular weight is 615 g/mol. The minimum Gasteiger partial charge on any atom is -0.442 e. The normalized spacial score (nSPS) is 20.9. The average Bonchev–Trinajstić information content (AvgIpc) is 3.67. The van der Waals surface area contributed by atoms with Gasteiger partial charge in [0, 0.05) is 28.6 Å². The SMILES string of the molecule is CC(C)(C)OC(=O)n1cc2c(n1)CCCC2O.CC(C)(C)OC(=O)n1ncc2c1CCCC2O.OC1CCCc2[nH]ncc21. The predicted molar refractivity (Wildman–Crippen MR) is 160 cm³/mol. The van der Waals surface area contributed by atoms with Crippen molar-refractivity contribution in [2.75, 3.05) is 0 Å². The topological polar surface area (TPSA) is 178 Å². The Balaban J connectivity index is 0.000000156. The van der Waals surface area contributed by atoms with Crippen molar-refractivity contribution in [2.24, 2.45) is 0 Å². The van der Waals surface area contributed by atoms with E-state index in [1.165, 1.54) is 9.36 Å². The van der Waals surface area contributed by atoms with Crippen molar-refractivity contribution in [3.63, 3.8) is 0 Å². The Morgan fingerprint density at radius 2 is 1.36 bits per heavy atom. The fourth-order valence-corrected chi connectivity index (χ4v) is 5.35. The number of aliphatic hydroxyl groups excluding tert-OH is 3. The summed E-state index contributed by atoms with van der Waals surface area (Å²) in [6.07, 6.45) is 10.4. The second-order valence-electron chi connectivity index (χ2n) is 13.4. The molecule has 0 saturated heterocycles. The van der Waals surface area contributed by atoms with Crippen LogP contribution in [-0.4, -0.2) is 68.5 Å². The van der Waals surface area contributed by atoms with Crippen molar-refractivity contribution in [1.82, 2.24) is 29.8 Å². The zero-order valence-electron chi connectivity index (χ0n) is 26.5. The summed E-state index contributed by atoms with van der Waals surface area (Å²) in [6.45, 7) is 10.9. The largest absolute Gasteiger partial charge is 0.442 e. The van der Waals surface area contributed by atoms with Gasteiger partial charge >= 0.3 is 12.2 Å². The molecule has 3 aromatic rings. The number of carbonyl (C=O) groups is 2. The molecule has 0 amide bonds. The van der Waals surface area contributed by atoms with Crippen LogP contribution in [0.3, 0.4) is 0 Å². The van der Waals surface area contributed by atoms with E-state index in [1.807, 2.05) is 41.5 Å². The molecule has 3 aliphatic rings. The van der Waals surface area contributed by atoms with Gasteiger partial charge in [0.25, 0.3) is 0 Å². The molecule has 44 heavy (non-hydrogen) atoms. The number of aliphatic hydroxyl groups is 3. The van der Waals surface area contributed by atoms with Crippen LogP contribution in [-0.2, 0) is 28.7 Å². The molecular weight excluding hydrogens is 568 g/mol. The summed E-state index contributed by atoms with van der Waals surface area (Å²) >= 11 is 0. The first-order valence-electron chi connectivity index (χ1n) is 15.3. The van der Waals surface area contributed by atoms with E-state index in [1.54, 1.807) is 18.6 Å². The highest BCUT2D eigenvalue weighted by Crippen LogP contribution is 2.30. The summed E-state index contributed by atoms with van der Waals surface area (Å²) in [5.41, 5.74) is 4.10. The second-order valence-corrected chi connectivity index (χ2v) is 13.4. The first-order chi connectivity index (χ1) is 20.6. The lowest BCUT2D eigenvalue weighted by atomic mass is 9.95. The molecule has 3 atom stereocenters. The highest BCUT2D eigenvalue weighted by Gasteiger charge is 2.28. The Hall–Kier alpha value is -3.55. The highest BCUT2D eigenvalue weighted by molar-refractivity contribution is 5.71. The van der Waals surface area contributed by atoms with E-state index in [2.05, 4.69) is 20.4 Å². The molecule has 13 heteroatoms. The number of ether oxygens (including phenoxy) is 2. The molecule has 0 saturated carbocycles. The van der Waals surface area contributed by atoms with Crippen LogP contribution in [0, 0.1) is 0 Å². The maximum absolute atomic E-state index is 11.9. The number of aromatic nitrogens is 6. The van der Waals surface area contributed by atoms with Crippen LogP contribution in [0.25, 0.3) is 0 Å². The molecule has 4 N–H and O–H groups in total. The van der Waals surface area contributed by atoms with Gasteiger partial charge in [-0.3, -0.25) is 5.10 Å². The Labute approximate surface area is 257 Å². The van der Waals surface area contributed by atoms with Gasteiger partial charge in [-0.25, -0.2) is 9.59 Å². The summed E-state index contributed by atoms with van der Waals surface area (Å²) in [7, 11) is 0. The molecule has 0 spiro atoms. The number of aryl methyl sites for hydroxylation is 2. The van der Waals surface area contributed by atoms with Gasteiger partial charge < -0.3 is 24.8 Å². The molecule has 3 aliphatic carbocycles. The lowest BCUT2D eigenvalue weighted by molar-refractivity contribution is 0.0498. The van der Waals surface area contributed by atoms with Crippen molar-refractivity contribution in [1.29, 1.82) is 0 Å². The number of nitrogens with zero attached hydrogens (tertiary/aromatic N) is 5. The molecule has 6 rings (SSSR count). The van der Waals surface area contributed by atoms with E-state index >= 15 is 0 Å². The van der Waals surface area contributed by atoms with Gasteiger partial charge in [0.2, 0.25) is 0 Å². The zero-order valence-corrected chi connectivity index (χ0v) is 26.5. The summed E-state index contributed by atoms with van der Waals surface area (Å²) in [5, 5.41) is 43.9. The van der Waals surface area contributed by atoms with E-state index in [-0.39, 0.29) is 6.10 Å². The lowest BCUT2D eigenvalue weighted by Crippen LogP contribution is -2.29. The van der Waals surface area contributed by atoms with Crippen LogP contribution in [0.15, 0.2) is 18.6 Å². The lowest BCUT2D eigenvalue weighted by Gasteiger charge is -2.21. The maximum Gasteiger partial charge on any atom is 0.435 e. The molecule has 3 unspecified atom stereocenters. The van der Waals surface area contributed by atoms with E-state index in [9.17, 15) is 24.9 Å². The van der Waals surface area contributed by atoms with Crippen molar-refractivity contribution in [3.8, 4) is 0 Å². The van der Waals surface area contributed by atoms with Crippen LogP contribution in [0.1, 0.15) is 132 Å². The standard InChI is InChI=1S/2C12H18N2O3.C7H10N2O/c1-12(2,3)17-11(16)14-7-8-9(13-14)5-4-6-10(8)15;1-12(2,3)17-11(16)14-9-5-4-6-10(15)8(9)7-13-14;10-7-3-1-2-6-5(7)4-8-9-6/h2*7,10,15H,4-6H2,1-3H3;4,7,10H,1-3H2,(H,8,9). The van der Waals surface area contributed by atoms with Crippen LogP contribution in [0.2, 0.25) is 0 Å². The number of aromatic amines is 1. The summed E-state index contributed by atoms with van der Waals surface area (Å²) in [4.78, 5) is 23.7. The van der Waals surface area contributed by atoms with Crippen LogP contribution in [0.5, 0.6) is 0 Å². The Morgan fingerprint density at radius 3 is 1.98 bits per heavy atom. The third-order valence-electron chi connectivity index (χ3n) is 7.39. The van der Waals surface area contributed by atoms with Crippen molar-refractivity contribution in [2.45, 2.75) is 129 Å². The molecular formula is C31H46N6O7. The van der Waals surface area contributed by atoms with Crippen LogP contribution >= 0.6 is 0 Å². The molecule has 0 aliphatic heterocycles. The van der Waals surface area contributed by atoms with Crippen LogP contribution in [0.4, 0.5) is 9.59 Å². The smallest absolute Gasteiger partial charge is 0.435 e. The Bertz CT molecular complexity index is 1420. The molecule has 13 nitrogen and oxygen atoms in total. The highest BCUT2D eigenvalue weighted by atomic mass is 16.6. The van der Waals surface area contributed by atoms with Gasteiger partial charge in [0.15, 0.2) is 0 Å². The third-order valence-corrected chi connectivity index (χ3v) is 7.39. The summed E-state index contributed by atoms with van der Waals surface area (Å²) in [5.74, 6) is 0. The van der Waals surface area contributed by atoms with Gasteiger partial charge in [-0.05, 0) is 99.3 Å². The van der Waals surface area contributed by atoms with E-state index in [4.69, 9.17) is 9.47 Å². The van der Waals surface area contributed by atoms with Gasteiger partial charge in [-0.1, -0.05) is 0 Å². The number of H-pyrrole nitrogens is 1. The summed E-state index contributed by atoms with van der Waals surface area (Å²) in [6, 6.07) is 0. The number of fused-ring (bicyclic) bond motifs is 3. The van der Waals surface area contributed by atoms with Gasteiger partial charge in [-0.2, -0.15) is 24.7 Å². The van der Waals surface area contributed by atoms with Crippen molar-refractivity contribution in [3.05, 3.63) is 52.4 Å². The minimum absolute atomic E-state index is 0.275. The summed E-state index contributed by atoms with van der Waals surface area (Å²) < 4.78 is 12.9. The molecule has 0 aromatic carbocycles. The molecule has 0 radical (unpaired) electrons. The number of hydrogen-bond acceptors (Lipinski definition) is 10. The Morgan fingerprint density at radius 1 is 0.795 bits per heavy atom. The number of hydrogen-bond donors (Lipinski definition) is 4. The molecule has 0 bridgehead atoms. The van der Waals surface area contributed by atoms with Gasteiger partial charge in [-0.15, -0.1) is 0 Å². The maximum atomic E-state index is 11.9. The first-order valence-corrected chi connectivity index (χ1v) is 15.3. The predicted octanol–water partition coefficient (Wildman–Crippen LogP) is 4.85. The van der Waals surface area contributed by atoms with Gasteiger partial charge in [0.05, 0.1) is 42.1 Å². The van der Waals surface area contributed by atoms with Crippen LogP contribution < -0.4 is 0 Å². The van der Waals surface area contributed by atoms with Crippen molar-refractivity contribution >= 4 is 12.2 Å². The number of rotatable bonds is 0. The minimum atomic E-state index is -0.540. The second kappa shape index (κ2) is 13.6. The fourth-order valence-electron chi connectivity index (χ4n) is 5.35. The molecule has 0 fully saturated rings. The van der Waals surface area contributed by atoms with Crippen molar-refractivity contribution < 1.29 is 34.4 Å². The third kappa shape index (κ3) is 8.54. The monoisotopic (exact) mass is 614 g/mol. The fraction of sp³-hybridized carbons (Fsp3) is 0.645. The Kier molecular flexibility index (Phi) is 10.3. The van der Waals surface area contributed by atoms with Gasteiger partial charge in [0.1, 0.15) is 11.2 Å². The quantitative estimate of drug-likeness (QED) is 0.274. The zero-order chi connectivity index (χ0) is 32.2. The molecule has 3 heterocycles. The first kappa shape index (κ1) is 33.3.